The standard InChI is InChI=1S/C26H27FN4O2/c1-29-21-9-11-31(12-10-21)24-14-22(19-7-8-20(15-28)23(27)13-19)25(30(2)26(24)33)18-5-3-17(16-32)4-6-18/h3-8,13-14,21,29,32H,9-12,16H2,1-2H3. The van der Waals surface area contributed by atoms with Crippen molar-refractivity contribution in [2.75, 3.05) is 25.0 Å². The molecule has 1 aliphatic heterocycles. The highest BCUT2D eigenvalue weighted by Crippen LogP contribution is 2.34. The number of pyridine rings is 1. The summed E-state index contributed by atoms with van der Waals surface area (Å²) < 4.78 is 16.2. The van der Waals surface area contributed by atoms with Gasteiger partial charge in [-0.05, 0) is 54.8 Å². The van der Waals surface area contributed by atoms with Crippen molar-refractivity contribution in [1.29, 1.82) is 5.26 Å². The Bertz CT molecular complexity index is 1250. The first-order valence-electron chi connectivity index (χ1n) is 11.0. The molecule has 0 unspecified atom stereocenters. The van der Waals surface area contributed by atoms with Crippen LogP contribution < -0.4 is 15.8 Å². The summed E-state index contributed by atoms with van der Waals surface area (Å²) in [6, 6.07) is 16.0. The Morgan fingerprint density at radius 3 is 2.36 bits per heavy atom. The number of benzene rings is 2. The van der Waals surface area contributed by atoms with Crippen LogP contribution in [0.5, 0.6) is 0 Å². The Morgan fingerprint density at radius 1 is 1.12 bits per heavy atom. The third kappa shape index (κ3) is 4.40. The second-order valence-corrected chi connectivity index (χ2v) is 8.37. The molecule has 1 aliphatic rings. The van der Waals surface area contributed by atoms with E-state index in [9.17, 15) is 14.3 Å². The van der Waals surface area contributed by atoms with Crippen LogP contribution in [-0.4, -0.2) is 35.9 Å². The van der Waals surface area contributed by atoms with E-state index < -0.39 is 5.82 Å². The van der Waals surface area contributed by atoms with E-state index in [0.29, 0.717) is 28.6 Å². The minimum absolute atomic E-state index is 0.0215. The third-order valence-electron chi connectivity index (χ3n) is 6.45. The van der Waals surface area contributed by atoms with Gasteiger partial charge in [0.15, 0.2) is 0 Å². The van der Waals surface area contributed by atoms with Gasteiger partial charge in [0.25, 0.3) is 5.56 Å². The van der Waals surface area contributed by atoms with Crippen molar-refractivity contribution in [2.24, 2.45) is 7.05 Å². The van der Waals surface area contributed by atoms with Crippen molar-refractivity contribution in [3.8, 4) is 28.5 Å². The highest BCUT2D eigenvalue weighted by molar-refractivity contribution is 5.84. The summed E-state index contributed by atoms with van der Waals surface area (Å²) in [5.41, 5.74) is 3.96. The molecule has 7 heteroatoms. The SMILES string of the molecule is CNC1CCN(c2cc(-c3ccc(C#N)c(F)c3)c(-c3ccc(CO)cc3)n(C)c2=O)CC1. The zero-order chi connectivity index (χ0) is 23.5. The molecule has 2 aromatic carbocycles. The molecule has 33 heavy (non-hydrogen) atoms. The Morgan fingerprint density at radius 2 is 1.79 bits per heavy atom. The number of nitrogens with one attached hydrogen (secondary N) is 1. The van der Waals surface area contributed by atoms with E-state index in [-0.39, 0.29) is 17.7 Å². The van der Waals surface area contributed by atoms with Crippen molar-refractivity contribution in [2.45, 2.75) is 25.5 Å². The highest BCUT2D eigenvalue weighted by atomic mass is 19.1. The van der Waals surface area contributed by atoms with Crippen molar-refractivity contribution in [3.63, 3.8) is 0 Å². The smallest absolute Gasteiger partial charge is 0.274 e. The lowest BCUT2D eigenvalue weighted by Crippen LogP contribution is -2.43. The van der Waals surface area contributed by atoms with Crippen molar-refractivity contribution in [1.82, 2.24) is 9.88 Å². The van der Waals surface area contributed by atoms with Gasteiger partial charge < -0.3 is 19.9 Å². The first kappa shape index (κ1) is 22.7. The zero-order valence-electron chi connectivity index (χ0n) is 18.8. The van der Waals surface area contributed by atoms with Gasteiger partial charge in [0.1, 0.15) is 17.6 Å². The van der Waals surface area contributed by atoms with E-state index in [0.717, 1.165) is 37.1 Å². The van der Waals surface area contributed by atoms with Gasteiger partial charge in [-0.25, -0.2) is 4.39 Å². The van der Waals surface area contributed by atoms with Gasteiger partial charge in [-0.2, -0.15) is 5.26 Å². The van der Waals surface area contributed by atoms with Gasteiger partial charge in [0.2, 0.25) is 0 Å². The number of halogens is 1. The maximum absolute atomic E-state index is 14.5. The van der Waals surface area contributed by atoms with Crippen molar-refractivity contribution in [3.05, 3.63) is 75.8 Å². The van der Waals surface area contributed by atoms with Gasteiger partial charge in [-0.3, -0.25) is 4.79 Å². The maximum Gasteiger partial charge on any atom is 0.274 e. The van der Waals surface area contributed by atoms with Crippen LogP contribution in [0.2, 0.25) is 0 Å². The quantitative estimate of drug-likeness (QED) is 0.628. The van der Waals surface area contributed by atoms with E-state index >= 15 is 0 Å². The molecule has 2 N–H and O–H groups in total. The highest BCUT2D eigenvalue weighted by Gasteiger charge is 2.24. The van der Waals surface area contributed by atoms with E-state index in [4.69, 9.17) is 5.26 Å². The zero-order valence-corrected chi connectivity index (χ0v) is 18.8. The molecule has 1 saturated heterocycles. The average Bonchev–Trinajstić information content (AvgIpc) is 2.85. The summed E-state index contributed by atoms with van der Waals surface area (Å²) in [5, 5.41) is 21.8. The molecule has 0 radical (unpaired) electrons. The number of nitrogens with zero attached hydrogens (tertiary/aromatic N) is 3. The summed E-state index contributed by atoms with van der Waals surface area (Å²) in [4.78, 5) is 15.5. The second kappa shape index (κ2) is 9.57. The Labute approximate surface area is 192 Å². The molecular formula is C26H27FN4O2. The number of nitriles is 1. The number of rotatable bonds is 5. The van der Waals surface area contributed by atoms with Gasteiger partial charge in [-0.15, -0.1) is 0 Å². The fourth-order valence-corrected chi connectivity index (χ4v) is 4.47. The van der Waals surface area contributed by atoms with E-state index in [1.807, 2.05) is 31.3 Å². The molecule has 3 aromatic rings. The second-order valence-electron chi connectivity index (χ2n) is 8.37. The van der Waals surface area contributed by atoms with Crippen LogP contribution >= 0.6 is 0 Å². The minimum atomic E-state index is -0.596. The van der Waals surface area contributed by atoms with E-state index in [1.165, 1.54) is 12.1 Å². The van der Waals surface area contributed by atoms with Gasteiger partial charge in [-0.1, -0.05) is 30.3 Å². The average molecular weight is 447 g/mol. The number of aliphatic hydroxyl groups excluding tert-OH is 1. The number of piperidine rings is 1. The first-order chi connectivity index (χ1) is 16.0. The molecule has 6 nitrogen and oxygen atoms in total. The molecule has 0 bridgehead atoms. The monoisotopic (exact) mass is 446 g/mol. The Hall–Kier alpha value is -3.47. The molecule has 0 aliphatic carbocycles. The van der Waals surface area contributed by atoms with Crippen molar-refractivity contribution < 1.29 is 9.50 Å². The van der Waals surface area contributed by atoms with Crippen LogP contribution in [0.15, 0.2) is 53.3 Å². The van der Waals surface area contributed by atoms with Crippen LogP contribution in [0, 0.1) is 17.1 Å². The van der Waals surface area contributed by atoms with Gasteiger partial charge in [0, 0.05) is 31.7 Å². The van der Waals surface area contributed by atoms with E-state index in [2.05, 4.69) is 10.2 Å². The van der Waals surface area contributed by atoms with Crippen LogP contribution in [0.3, 0.4) is 0 Å². The van der Waals surface area contributed by atoms with E-state index in [1.54, 1.807) is 29.8 Å². The number of aliphatic hydroxyl groups is 1. The lowest BCUT2D eigenvalue weighted by molar-refractivity contribution is 0.282. The van der Waals surface area contributed by atoms with Crippen LogP contribution in [-0.2, 0) is 13.7 Å². The summed E-state index contributed by atoms with van der Waals surface area (Å²) >= 11 is 0. The minimum Gasteiger partial charge on any atom is -0.392 e. The van der Waals surface area contributed by atoms with Gasteiger partial charge >= 0.3 is 0 Å². The molecule has 0 atom stereocenters. The van der Waals surface area contributed by atoms with Crippen molar-refractivity contribution >= 4 is 5.69 Å². The maximum atomic E-state index is 14.5. The normalized spacial score (nSPS) is 14.3. The number of hydrogen-bond acceptors (Lipinski definition) is 5. The molecule has 1 fully saturated rings. The van der Waals surface area contributed by atoms with Crippen LogP contribution in [0.1, 0.15) is 24.0 Å². The fraction of sp³-hybridized carbons (Fsp3) is 0.308. The Kier molecular flexibility index (Phi) is 6.59. The summed E-state index contributed by atoms with van der Waals surface area (Å²) in [6.45, 7) is 1.44. The third-order valence-corrected chi connectivity index (χ3v) is 6.45. The first-order valence-corrected chi connectivity index (χ1v) is 11.0. The number of aromatic nitrogens is 1. The van der Waals surface area contributed by atoms with Crippen LogP contribution in [0.25, 0.3) is 22.4 Å². The summed E-state index contributed by atoms with van der Waals surface area (Å²) in [7, 11) is 3.68. The summed E-state index contributed by atoms with van der Waals surface area (Å²) in [6.07, 6.45) is 1.87. The molecule has 0 spiro atoms. The molecular weight excluding hydrogens is 419 g/mol. The molecule has 0 amide bonds. The predicted octanol–water partition coefficient (Wildman–Crippen LogP) is 3.41. The molecule has 170 valence electrons. The molecule has 4 rings (SSSR count). The van der Waals surface area contributed by atoms with Crippen LogP contribution in [0.4, 0.5) is 10.1 Å². The number of hydrogen-bond donors (Lipinski definition) is 2. The van der Waals surface area contributed by atoms with Gasteiger partial charge in [0.05, 0.1) is 17.9 Å². The number of anilines is 1. The predicted molar refractivity (Wildman–Crippen MR) is 127 cm³/mol. The molecule has 2 heterocycles. The largest absolute Gasteiger partial charge is 0.392 e. The molecule has 0 saturated carbocycles. The lowest BCUT2D eigenvalue weighted by atomic mass is 9.96. The molecule has 1 aromatic heterocycles. The fourth-order valence-electron chi connectivity index (χ4n) is 4.47. The Balaban J connectivity index is 1.90. The summed E-state index contributed by atoms with van der Waals surface area (Å²) in [5.74, 6) is -0.596. The lowest BCUT2D eigenvalue weighted by Gasteiger charge is -2.33. The topological polar surface area (TPSA) is 81.3 Å².